The second-order valence-electron chi connectivity index (χ2n) is 11.2. The lowest BCUT2D eigenvalue weighted by atomic mass is 9.78. The van der Waals surface area contributed by atoms with Gasteiger partial charge in [-0.3, -0.25) is 14.4 Å². The van der Waals surface area contributed by atoms with E-state index in [9.17, 15) is 27.6 Å². The van der Waals surface area contributed by atoms with E-state index in [0.29, 0.717) is 35.4 Å². The summed E-state index contributed by atoms with van der Waals surface area (Å²) in [7, 11) is 0. The molecule has 5 aromatic rings. The lowest BCUT2D eigenvalue weighted by Crippen LogP contribution is -2.27. The molecule has 3 N–H and O–H groups in total. The molecule has 11 heteroatoms. The van der Waals surface area contributed by atoms with Crippen LogP contribution in [0, 0.1) is 0 Å². The number of carbonyl (C=O) groups is 3. The minimum Gasteiger partial charge on any atom is -0.481 e. The fourth-order valence-electron chi connectivity index (χ4n) is 5.61. The first-order chi connectivity index (χ1) is 23.0. The number of ether oxygens (including phenoxy) is 1. The molecule has 0 aliphatic heterocycles. The van der Waals surface area contributed by atoms with Gasteiger partial charge in [0, 0.05) is 28.7 Å². The van der Waals surface area contributed by atoms with Gasteiger partial charge in [0.1, 0.15) is 17.1 Å². The summed E-state index contributed by atoms with van der Waals surface area (Å²) in [5, 5.41) is 15.3. The molecule has 0 spiro atoms. The van der Waals surface area contributed by atoms with Crippen molar-refractivity contribution in [1.82, 2.24) is 5.32 Å². The van der Waals surface area contributed by atoms with E-state index < -0.39 is 35.8 Å². The molecule has 0 aliphatic rings. The Balaban J connectivity index is 1.42. The van der Waals surface area contributed by atoms with Crippen molar-refractivity contribution < 1.29 is 41.8 Å². The van der Waals surface area contributed by atoms with Gasteiger partial charge in [0.15, 0.2) is 0 Å². The highest BCUT2D eigenvalue weighted by atomic mass is 19.4. The van der Waals surface area contributed by atoms with Crippen LogP contribution in [0.3, 0.4) is 0 Å². The third-order valence-corrected chi connectivity index (χ3v) is 7.85. The van der Waals surface area contributed by atoms with Crippen molar-refractivity contribution in [3.63, 3.8) is 0 Å². The second kappa shape index (κ2) is 14.9. The Morgan fingerprint density at radius 3 is 2.17 bits per heavy atom. The van der Waals surface area contributed by atoms with Gasteiger partial charge < -0.3 is 24.9 Å². The SMILES string of the molecule is CCC[C@H](c1ccc(C(=O)NCCC(=O)O)cc1)[C@@H](C(=O)Nc1ccc(-c2cc3ccccc3o2)cc1)c1ccc(OC(F)(F)F)cc1. The fraction of sp³-hybridized carbons (Fsp3) is 0.216. The van der Waals surface area contributed by atoms with E-state index in [4.69, 9.17) is 9.52 Å². The standard InChI is InChI=1S/C37H33F3N2O6/c1-2-5-30(23-8-10-26(11-9-23)35(45)41-21-20-33(43)44)34(25-14-18-29(19-15-25)48-37(38,39)40)36(46)42-28-16-12-24(13-17-28)32-22-27-6-3-4-7-31(27)47-32/h3-4,6-19,22,30,34H,2,5,20-21H2,1H3,(H,41,45)(H,42,46)(H,43,44)/t30-,34+/m1/s1. The number of rotatable bonds is 13. The van der Waals surface area contributed by atoms with Crippen LogP contribution in [0.25, 0.3) is 22.3 Å². The number of halogens is 3. The number of alkyl halides is 3. The molecule has 8 nitrogen and oxygen atoms in total. The van der Waals surface area contributed by atoms with Crippen LogP contribution in [0.4, 0.5) is 18.9 Å². The molecular formula is C37H33F3N2O6. The van der Waals surface area contributed by atoms with E-state index in [1.165, 1.54) is 24.3 Å². The molecule has 0 saturated heterocycles. The van der Waals surface area contributed by atoms with E-state index in [1.807, 2.05) is 49.4 Å². The number of carboxylic acid groups (broad SMARTS) is 1. The number of carbonyl (C=O) groups excluding carboxylic acids is 2. The predicted octanol–water partition coefficient (Wildman–Crippen LogP) is 8.51. The summed E-state index contributed by atoms with van der Waals surface area (Å²) in [5.74, 6) is -2.80. The number of para-hydroxylation sites is 1. The van der Waals surface area contributed by atoms with Crippen LogP contribution in [-0.4, -0.2) is 35.8 Å². The maximum Gasteiger partial charge on any atom is 0.573 e. The Bertz CT molecular complexity index is 1830. The lowest BCUT2D eigenvalue weighted by Gasteiger charge is -2.28. The molecule has 0 saturated carbocycles. The van der Waals surface area contributed by atoms with Crippen molar-refractivity contribution in [3.8, 4) is 17.1 Å². The molecule has 0 bridgehead atoms. The van der Waals surface area contributed by atoms with E-state index in [2.05, 4.69) is 15.4 Å². The molecule has 0 aliphatic carbocycles. The fourth-order valence-corrected chi connectivity index (χ4v) is 5.61. The van der Waals surface area contributed by atoms with Crippen molar-refractivity contribution in [1.29, 1.82) is 0 Å². The van der Waals surface area contributed by atoms with Gasteiger partial charge in [0.05, 0.1) is 12.3 Å². The maximum atomic E-state index is 14.1. The second-order valence-corrected chi connectivity index (χ2v) is 11.2. The monoisotopic (exact) mass is 658 g/mol. The molecule has 2 amide bonds. The third-order valence-electron chi connectivity index (χ3n) is 7.85. The molecule has 5 rings (SSSR count). The van der Waals surface area contributed by atoms with E-state index in [-0.39, 0.29) is 18.9 Å². The number of hydrogen-bond acceptors (Lipinski definition) is 5. The van der Waals surface area contributed by atoms with Gasteiger partial charge in [-0.1, -0.05) is 55.8 Å². The normalized spacial score (nSPS) is 12.7. The zero-order valence-electron chi connectivity index (χ0n) is 25.9. The summed E-state index contributed by atoms with van der Waals surface area (Å²) in [6, 6.07) is 28.7. The van der Waals surface area contributed by atoms with Gasteiger partial charge in [-0.15, -0.1) is 13.2 Å². The van der Waals surface area contributed by atoms with E-state index in [0.717, 1.165) is 22.1 Å². The molecule has 0 radical (unpaired) electrons. The van der Waals surface area contributed by atoms with Gasteiger partial charge in [0.2, 0.25) is 5.91 Å². The Morgan fingerprint density at radius 1 is 0.875 bits per heavy atom. The quantitative estimate of drug-likeness (QED) is 0.117. The Morgan fingerprint density at radius 2 is 1.54 bits per heavy atom. The van der Waals surface area contributed by atoms with Gasteiger partial charge in [0.25, 0.3) is 5.91 Å². The molecule has 248 valence electrons. The summed E-state index contributed by atoms with van der Waals surface area (Å²) in [4.78, 5) is 37.4. The van der Waals surface area contributed by atoms with Crippen LogP contribution < -0.4 is 15.4 Å². The number of aliphatic carboxylic acids is 1. The molecular weight excluding hydrogens is 625 g/mol. The van der Waals surface area contributed by atoms with Crippen molar-refractivity contribution in [2.75, 3.05) is 11.9 Å². The molecule has 4 aromatic carbocycles. The van der Waals surface area contributed by atoms with Gasteiger partial charge in [-0.2, -0.15) is 0 Å². The number of carboxylic acids is 1. The number of nitrogens with one attached hydrogen (secondary N) is 2. The first-order valence-electron chi connectivity index (χ1n) is 15.4. The Kier molecular flexibility index (Phi) is 10.5. The minimum atomic E-state index is -4.86. The molecule has 1 aromatic heterocycles. The van der Waals surface area contributed by atoms with E-state index in [1.54, 1.807) is 36.4 Å². The number of furan rings is 1. The van der Waals surface area contributed by atoms with Crippen molar-refractivity contribution in [2.24, 2.45) is 0 Å². The summed E-state index contributed by atoms with van der Waals surface area (Å²) < 4.78 is 48.6. The number of amides is 2. The van der Waals surface area contributed by atoms with E-state index >= 15 is 0 Å². The Labute approximate surface area is 274 Å². The summed E-state index contributed by atoms with van der Waals surface area (Å²) in [6.07, 6.45) is -3.84. The summed E-state index contributed by atoms with van der Waals surface area (Å²) >= 11 is 0. The van der Waals surface area contributed by atoms with Crippen LogP contribution >= 0.6 is 0 Å². The Hall–Kier alpha value is -5.58. The minimum absolute atomic E-state index is 0.0239. The lowest BCUT2D eigenvalue weighted by molar-refractivity contribution is -0.274. The smallest absolute Gasteiger partial charge is 0.481 e. The van der Waals surface area contributed by atoms with Crippen LogP contribution in [0.5, 0.6) is 5.75 Å². The van der Waals surface area contributed by atoms with Crippen molar-refractivity contribution in [2.45, 2.75) is 44.4 Å². The molecule has 0 unspecified atom stereocenters. The van der Waals surface area contributed by atoms with Gasteiger partial charge >= 0.3 is 12.3 Å². The maximum absolute atomic E-state index is 14.1. The molecule has 1 heterocycles. The number of fused-ring (bicyclic) bond motifs is 1. The highest BCUT2D eigenvalue weighted by molar-refractivity contribution is 5.97. The van der Waals surface area contributed by atoms with Crippen LogP contribution in [0.15, 0.2) is 108 Å². The third kappa shape index (κ3) is 8.61. The zero-order valence-corrected chi connectivity index (χ0v) is 25.9. The number of hydrogen-bond donors (Lipinski definition) is 3. The van der Waals surface area contributed by atoms with Crippen molar-refractivity contribution >= 4 is 34.4 Å². The van der Waals surface area contributed by atoms with Crippen LogP contribution in [0.2, 0.25) is 0 Å². The summed E-state index contributed by atoms with van der Waals surface area (Å²) in [5.41, 5.74) is 3.64. The average Bonchev–Trinajstić information content (AvgIpc) is 3.49. The van der Waals surface area contributed by atoms with Gasteiger partial charge in [-0.05, 0) is 84.1 Å². The number of anilines is 1. The topological polar surface area (TPSA) is 118 Å². The van der Waals surface area contributed by atoms with Crippen LogP contribution in [0.1, 0.15) is 59.5 Å². The first-order valence-corrected chi connectivity index (χ1v) is 15.4. The number of benzene rings is 4. The van der Waals surface area contributed by atoms with Gasteiger partial charge in [-0.25, -0.2) is 0 Å². The zero-order chi connectivity index (χ0) is 34.3. The average molecular weight is 659 g/mol. The molecule has 48 heavy (non-hydrogen) atoms. The summed E-state index contributed by atoms with van der Waals surface area (Å²) in [6.45, 7) is 1.94. The first kappa shape index (κ1) is 33.8. The van der Waals surface area contributed by atoms with Crippen LogP contribution in [-0.2, 0) is 9.59 Å². The molecule has 2 atom stereocenters. The largest absolute Gasteiger partial charge is 0.573 e. The van der Waals surface area contributed by atoms with Crippen molar-refractivity contribution in [3.05, 3.63) is 120 Å². The highest BCUT2D eigenvalue weighted by Gasteiger charge is 2.33. The molecule has 0 fully saturated rings. The highest BCUT2D eigenvalue weighted by Crippen LogP contribution is 2.39. The predicted molar refractivity (Wildman–Crippen MR) is 175 cm³/mol.